The highest BCUT2D eigenvalue weighted by Crippen LogP contribution is 2.25. The van der Waals surface area contributed by atoms with Crippen molar-refractivity contribution in [3.05, 3.63) is 42.5 Å². The Morgan fingerprint density at radius 1 is 0.857 bits per heavy atom. The first kappa shape index (κ1) is 15.8. The summed E-state index contributed by atoms with van der Waals surface area (Å²) in [6.07, 6.45) is 6.14. The van der Waals surface area contributed by atoms with Crippen LogP contribution in [0.25, 0.3) is 10.8 Å². The van der Waals surface area contributed by atoms with E-state index in [2.05, 4.69) is 54.7 Å². The second-order valence-corrected chi connectivity index (χ2v) is 5.49. The van der Waals surface area contributed by atoms with Gasteiger partial charge >= 0.3 is 0 Å². The monoisotopic (exact) mass is 285 g/mol. The van der Waals surface area contributed by atoms with E-state index in [1.807, 2.05) is 0 Å². The van der Waals surface area contributed by atoms with Crippen molar-refractivity contribution in [1.29, 1.82) is 0 Å². The second kappa shape index (κ2) is 9.41. The molecule has 0 heterocycles. The van der Waals surface area contributed by atoms with Gasteiger partial charge in [0.05, 0.1) is 6.61 Å². The largest absolute Gasteiger partial charge is 0.493 e. The molecule has 21 heavy (non-hydrogen) atoms. The summed E-state index contributed by atoms with van der Waals surface area (Å²) in [7, 11) is 0. The summed E-state index contributed by atoms with van der Waals surface area (Å²) in [5, 5.41) is 5.93. The Kier molecular flexibility index (Phi) is 7.10. The van der Waals surface area contributed by atoms with E-state index in [1.165, 1.54) is 36.5 Å². The summed E-state index contributed by atoms with van der Waals surface area (Å²) in [6.45, 7) is 5.33. The molecule has 0 fully saturated rings. The van der Waals surface area contributed by atoms with E-state index < -0.39 is 0 Å². The van der Waals surface area contributed by atoms with Gasteiger partial charge < -0.3 is 10.1 Å². The van der Waals surface area contributed by atoms with Gasteiger partial charge in [-0.1, -0.05) is 49.7 Å². The SMILES string of the molecule is CCCCNCCCCCOc1cccc2ccccc12. The number of hydrogen-bond acceptors (Lipinski definition) is 2. The van der Waals surface area contributed by atoms with Gasteiger partial charge in [-0.3, -0.25) is 0 Å². The molecule has 0 aliphatic heterocycles. The normalized spacial score (nSPS) is 10.9. The summed E-state index contributed by atoms with van der Waals surface area (Å²) >= 11 is 0. The number of benzene rings is 2. The van der Waals surface area contributed by atoms with E-state index in [9.17, 15) is 0 Å². The average molecular weight is 285 g/mol. The number of nitrogens with one attached hydrogen (secondary N) is 1. The molecule has 0 aliphatic carbocycles. The van der Waals surface area contributed by atoms with Crippen LogP contribution in [0.4, 0.5) is 0 Å². The molecule has 0 saturated carbocycles. The summed E-state index contributed by atoms with van der Waals surface area (Å²) in [5.74, 6) is 1.01. The molecular formula is C19H27NO. The van der Waals surface area contributed by atoms with Gasteiger partial charge in [-0.2, -0.15) is 0 Å². The Morgan fingerprint density at radius 3 is 2.57 bits per heavy atom. The predicted molar refractivity (Wildman–Crippen MR) is 91.1 cm³/mol. The fourth-order valence-corrected chi connectivity index (χ4v) is 2.46. The molecule has 2 heteroatoms. The summed E-state index contributed by atoms with van der Waals surface area (Å²) in [4.78, 5) is 0. The van der Waals surface area contributed by atoms with Crippen molar-refractivity contribution in [2.24, 2.45) is 0 Å². The van der Waals surface area contributed by atoms with E-state index in [-0.39, 0.29) is 0 Å². The Bertz CT molecular complexity index is 518. The quantitative estimate of drug-likeness (QED) is 0.634. The van der Waals surface area contributed by atoms with E-state index in [4.69, 9.17) is 4.74 Å². The van der Waals surface area contributed by atoms with Gasteiger partial charge in [0, 0.05) is 5.39 Å². The molecule has 2 nitrogen and oxygen atoms in total. The van der Waals surface area contributed by atoms with E-state index in [0.717, 1.165) is 31.9 Å². The van der Waals surface area contributed by atoms with Crippen molar-refractivity contribution in [2.45, 2.75) is 39.0 Å². The van der Waals surface area contributed by atoms with Crippen molar-refractivity contribution < 1.29 is 4.74 Å². The minimum atomic E-state index is 0.808. The summed E-state index contributed by atoms with van der Waals surface area (Å²) in [6, 6.07) is 14.6. The van der Waals surface area contributed by atoms with Gasteiger partial charge in [0.1, 0.15) is 5.75 Å². The number of ether oxygens (including phenoxy) is 1. The Labute approximate surface area is 128 Å². The van der Waals surface area contributed by atoms with Crippen LogP contribution in [-0.4, -0.2) is 19.7 Å². The topological polar surface area (TPSA) is 21.3 Å². The Hall–Kier alpha value is -1.54. The lowest BCUT2D eigenvalue weighted by molar-refractivity contribution is 0.308. The maximum atomic E-state index is 5.94. The van der Waals surface area contributed by atoms with Crippen LogP contribution < -0.4 is 10.1 Å². The minimum absolute atomic E-state index is 0.808. The van der Waals surface area contributed by atoms with Crippen LogP contribution in [0.5, 0.6) is 5.75 Å². The third-order valence-electron chi connectivity index (χ3n) is 3.71. The van der Waals surface area contributed by atoms with Gasteiger partial charge in [0.25, 0.3) is 0 Å². The van der Waals surface area contributed by atoms with Crippen LogP contribution in [0.3, 0.4) is 0 Å². The molecule has 0 amide bonds. The van der Waals surface area contributed by atoms with E-state index >= 15 is 0 Å². The number of unbranched alkanes of at least 4 members (excludes halogenated alkanes) is 3. The molecule has 0 bridgehead atoms. The third-order valence-corrected chi connectivity index (χ3v) is 3.71. The van der Waals surface area contributed by atoms with Crippen molar-refractivity contribution >= 4 is 10.8 Å². The van der Waals surface area contributed by atoms with Gasteiger partial charge in [0.15, 0.2) is 0 Å². The number of rotatable bonds is 10. The van der Waals surface area contributed by atoms with Gasteiger partial charge in [-0.15, -0.1) is 0 Å². The summed E-state index contributed by atoms with van der Waals surface area (Å²) < 4.78 is 5.94. The molecular weight excluding hydrogens is 258 g/mol. The summed E-state index contributed by atoms with van der Waals surface area (Å²) in [5.41, 5.74) is 0. The molecule has 0 aliphatic rings. The molecule has 0 unspecified atom stereocenters. The second-order valence-electron chi connectivity index (χ2n) is 5.49. The molecule has 2 aromatic carbocycles. The zero-order valence-corrected chi connectivity index (χ0v) is 13.1. The number of hydrogen-bond donors (Lipinski definition) is 1. The van der Waals surface area contributed by atoms with Crippen molar-refractivity contribution in [2.75, 3.05) is 19.7 Å². The van der Waals surface area contributed by atoms with Crippen LogP contribution in [0.1, 0.15) is 39.0 Å². The van der Waals surface area contributed by atoms with Gasteiger partial charge in [-0.25, -0.2) is 0 Å². The molecule has 2 aromatic rings. The first-order valence-electron chi connectivity index (χ1n) is 8.23. The van der Waals surface area contributed by atoms with Crippen LogP contribution >= 0.6 is 0 Å². The molecule has 1 N–H and O–H groups in total. The predicted octanol–water partition coefficient (Wildman–Crippen LogP) is 4.78. The highest BCUT2D eigenvalue weighted by molar-refractivity contribution is 5.88. The first-order chi connectivity index (χ1) is 10.4. The van der Waals surface area contributed by atoms with Crippen LogP contribution in [0.2, 0.25) is 0 Å². The third kappa shape index (κ3) is 5.39. The Morgan fingerprint density at radius 2 is 1.67 bits per heavy atom. The number of fused-ring (bicyclic) bond motifs is 1. The van der Waals surface area contributed by atoms with Crippen molar-refractivity contribution in [3.8, 4) is 5.75 Å². The highest BCUT2D eigenvalue weighted by Gasteiger charge is 2.00. The zero-order chi connectivity index (χ0) is 14.8. The van der Waals surface area contributed by atoms with Crippen LogP contribution in [0.15, 0.2) is 42.5 Å². The lowest BCUT2D eigenvalue weighted by Crippen LogP contribution is -2.16. The molecule has 0 radical (unpaired) electrons. The lowest BCUT2D eigenvalue weighted by Gasteiger charge is -2.09. The fourth-order valence-electron chi connectivity index (χ4n) is 2.46. The van der Waals surface area contributed by atoms with Crippen molar-refractivity contribution in [3.63, 3.8) is 0 Å². The van der Waals surface area contributed by atoms with E-state index in [1.54, 1.807) is 0 Å². The standard InChI is InChI=1S/C19H27NO/c1-2-3-14-20-15-7-4-8-16-21-19-13-9-11-17-10-5-6-12-18(17)19/h5-6,9-13,20H,2-4,7-8,14-16H2,1H3. The van der Waals surface area contributed by atoms with Crippen molar-refractivity contribution in [1.82, 2.24) is 5.32 Å². The molecule has 0 spiro atoms. The van der Waals surface area contributed by atoms with Crippen LogP contribution in [-0.2, 0) is 0 Å². The molecule has 0 atom stereocenters. The molecule has 0 aromatic heterocycles. The molecule has 0 saturated heterocycles. The first-order valence-corrected chi connectivity index (χ1v) is 8.23. The molecule has 114 valence electrons. The van der Waals surface area contributed by atoms with Gasteiger partial charge in [0.2, 0.25) is 0 Å². The Balaban J connectivity index is 1.64. The fraction of sp³-hybridized carbons (Fsp3) is 0.474. The maximum absolute atomic E-state index is 5.94. The molecule has 2 rings (SSSR count). The van der Waals surface area contributed by atoms with Gasteiger partial charge in [-0.05, 0) is 50.2 Å². The highest BCUT2D eigenvalue weighted by atomic mass is 16.5. The maximum Gasteiger partial charge on any atom is 0.127 e. The smallest absolute Gasteiger partial charge is 0.127 e. The van der Waals surface area contributed by atoms with Crippen LogP contribution in [0, 0.1) is 0 Å². The van der Waals surface area contributed by atoms with E-state index in [0.29, 0.717) is 0 Å². The zero-order valence-electron chi connectivity index (χ0n) is 13.1. The minimum Gasteiger partial charge on any atom is -0.493 e. The lowest BCUT2D eigenvalue weighted by atomic mass is 10.1. The average Bonchev–Trinajstić information content (AvgIpc) is 2.53.